The van der Waals surface area contributed by atoms with E-state index in [4.69, 9.17) is 4.98 Å². The molecule has 1 aliphatic carbocycles. The zero-order valence-electron chi connectivity index (χ0n) is 10.9. The van der Waals surface area contributed by atoms with Gasteiger partial charge < -0.3 is 5.32 Å². The molecule has 1 atom stereocenters. The Labute approximate surface area is 102 Å². The van der Waals surface area contributed by atoms with Crippen molar-refractivity contribution in [1.82, 2.24) is 10.3 Å². The first-order chi connectivity index (χ1) is 7.45. The van der Waals surface area contributed by atoms with Crippen LogP contribution in [0.5, 0.6) is 0 Å². The summed E-state index contributed by atoms with van der Waals surface area (Å²) >= 11 is 1.91. The summed E-state index contributed by atoms with van der Waals surface area (Å²) in [5, 5.41) is 4.60. The standard InChI is InChI=1S/C13H22N2S/c1-8(2)11-10(7-14-5)16-12(15-11)9-6-13(9,3)4/h8-9,14H,6-7H2,1-5H3. The van der Waals surface area contributed by atoms with Gasteiger partial charge in [0.1, 0.15) is 0 Å². The molecular formula is C13H22N2S. The van der Waals surface area contributed by atoms with E-state index in [9.17, 15) is 0 Å². The van der Waals surface area contributed by atoms with Crippen LogP contribution in [-0.2, 0) is 6.54 Å². The van der Waals surface area contributed by atoms with Gasteiger partial charge in [0.05, 0.1) is 10.7 Å². The van der Waals surface area contributed by atoms with Gasteiger partial charge in [-0.25, -0.2) is 4.98 Å². The first kappa shape index (κ1) is 12.1. The average Bonchev–Trinajstić information content (AvgIpc) is 2.65. The summed E-state index contributed by atoms with van der Waals surface area (Å²) in [6.07, 6.45) is 1.30. The smallest absolute Gasteiger partial charge is 0.0968 e. The van der Waals surface area contributed by atoms with E-state index < -0.39 is 0 Å². The second-order valence-corrected chi connectivity index (χ2v) is 6.91. The highest BCUT2D eigenvalue weighted by atomic mass is 32.1. The molecule has 16 heavy (non-hydrogen) atoms. The van der Waals surface area contributed by atoms with E-state index in [1.165, 1.54) is 22.0 Å². The van der Waals surface area contributed by atoms with Crippen LogP contribution in [0.4, 0.5) is 0 Å². The maximum Gasteiger partial charge on any atom is 0.0968 e. The fraction of sp³-hybridized carbons (Fsp3) is 0.769. The van der Waals surface area contributed by atoms with Gasteiger partial charge in [-0.3, -0.25) is 0 Å². The minimum atomic E-state index is 0.489. The van der Waals surface area contributed by atoms with Crippen LogP contribution >= 0.6 is 11.3 Å². The highest BCUT2D eigenvalue weighted by Gasteiger charge is 2.48. The van der Waals surface area contributed by atoms with Crippen LogP contribution < -0.4 is 5.32 Å². The summed E-state index contributed by atoms with van der Waals surface area (Å²) in [6, 6.07) is 0. The number of thiazole rings is 1. The number of rotatable bonds is 4. The molecule has 0 radical (unpaired) electrons. The van der Waals surface area contributed by atoms with Crippen molar-refractivity contribution < 1.29 is 0 Å². The van der Waals surface area contributed by atoms with Crippen molar-refractivity contribution in [3.8, 4) is 0 Å². The van der Waals surface area contributed by atoms with Crippen LogP contribution in [0.2, 0.25) is 0 Å². The first-order valence-electron chi connectivity index (χ1n) is 6.10. The van der Waals surface area contributed by atoms with E-state index in [-0.39, 0.29) is 0 Å². The van der Waals surface area contributed by atoms with E-state index in [1.807, 2.05) is 18.4 Å². The number of hydrogen-bond acceptors (Lipinski definition) is 3. The van der Waals surface area contributed by atoms with Gasteiger partial charge in [-0.1, -0.05) is 27.7 Å². The molecule has 1 unspecified atom stereocenters. The molecule has 0 aromatic carbocycles. The Balaban J connectivity index is 2.25. The molecule has 2 rings (SSSR count). The highest BCUT2D eigenvalue weighted by molar-refractivity contribution is 7.11. The number of nitrogens with one attached hydrogen (secondary N) is 1. The summed E-state index contributed by atoms with van der Waals surface area (Å²) in [7, 11) is 2.00. The Kier molecular flexibility index (Phi) is 3.10. The first-order valence-corrected chi connectivity index (χ1v) is 6.91. The Hall–Kier alpha value is -0.410. The molecule has 1 heterocycles. The van der Waals surface area contributed by atoms with Crippen LogP contribution in [0.1, 0.15) is 61.5 Å². The van der Waals surface area contributed by atoms with Crippen molar-refractivity contribution >= 4 is 11.3 Å². The van der Waals surface area contributed by atoms with Crippen molar-refractivity contribution in [2.45, 2.75) is 52.5 Å². The maximum absolute atomic E-state index is 4.86. The lowest BCUT2D eigenvalue weighted by molar-refractivity contribution is 0.619. The summed E-state index contributed by atoms with van der Waals surface area (Å²) in [6.45, 7) is 10.1. The normalized spacial score (nSPS) is 22.8. The fourth-order valence-electron chi connectivity index (χ4n) is 2.16. The van der Waals surface area contributed by atoms with Crippen LogP contribution in [0.25, 0.3) is 0 Å². The average molecular weight is 238 g/mol. The molecular weight excluding hydrogens is 216 g/mol. The minimum absolute atomic E-state index is 0.489. The van der Waals surface area contributed by atoms with Gasteiger partial charge in [0.25, 0.3) is 0 Å². The van der Waals surface area contributed by atoms with E-state index >= 15 is 0 Å². The van der Waals surface area contributed by atoms with Crippen molar-refractivity contribution in [2.24, 2.45) is 5.41 Å². The van der Waals surface area contributed by atoms with Gasteiger partial charge in [-0.2, -0.15) is 0 Å². The third-order valence-electron chi connectivity index (χ3n) is 3.44. The van der Waals surface area contributed by atoms with Crippen molar-refractivity contribution in [1.29, 1.82) is 0 Å². The lowest BCUT2D eigenvalue weighted by Crippen LogP contribution is -2.06. The van der Waals surface area contributed by atoms with Gasteiger partial charge in [-0.15, -0.1) is 11.3 Å². The Morgan fingerprint density at radius 2 is 2.12 bits per heavy atom. The largest absolute Gasteiger partial charge is 0.315 e. The topological polar surface area (TPSA) is 24.9 Å². The van der Waals surface area contributed by atoms with Crippen LogP contribution in [0, 0.1) is 5.41 Å². The predicted octanol–water partition coefficient (Wildman–Crippen LogP) is 3.50. The molecule has 3 heteroatoms. The number of hydrogen-bond donors (Lipinski definition) is 1. The Bertz CT molecular complexity index is 379. The molecule has 1 fully saturated rings. The second kappa shape index (κ2) is 4.11. The van der Waals surface area contributed by atoms with Gasteiger partial charge in [0.2, 0.25) is 0 Å². The molecule has 0 spiro atoms. The van der Waals surface area contributed by atoms with Gasteiger partial charge in [0, 0.05) is 17.3 Å². The quantitative estimate of drug-likeness (QED) is 0.868. The minimum Gasteiger partial charge on any atom is -0.315 e. The third-order valence-corrected chi connectivity index (χ3v) is 4.62. The van der Waals surface area contributed by atoms with Crippen LogP contribution in [0.15, 0.2) is 0 Å². The molecule has 1 N–H and O–H groups in total. The van der Waals surface area contributed by atoms with Crippen LogP contribution in [-0.4, -0.2) is 12.0 Å². The molecule has 1 aromatic rings. The molecule has 0 amide bonds. The Morgan fingerprint density at radius 1 is 1.50 bits per heavy atom. The van der Waals surface area contributed by atoms with Gasteiger partial charge >= 0.3 is 0 Å². The van der Waals surface area contributed by atoms with Crippen molar-refractivity contribution in [2.75, 3.05) is 7.05 Å². The monoisotopic (exact) mass is 238 g/mol. The van der Waals surface area contributed by atoms with Crippen LogP contribution in [0.3, 0.4) is 0 Å². The molecule has 1 aliphatic rings. The third kappa shape index (κ3) is 2.16. The summed E-state index contributed by atoms with van der Waals surface area (Å²) in [5.41, 5.74) is 1.79. The number of nitrogens with zero attached hydrogens (tertiary/aromatic N) is 1. The lowest BCUT2D eigenvalue weighted by atomic mass is 10.1. The lowest BCUT2D eigenvalue weighted by Gasteiger charge is -2.03. The molecule has 2 nitrogen and oxygen atoms in total. The predicted molar refractivity (Wildman–Crippen MR) is 70.1 cm³/mol. The second-order valence-electron chi connectivity index (χ2n) is 5.79. The van der Waals surface area contributed by atoms with Gasteiger partial charge in [-0.05, 0) is 24.8 Å². The molecule has 0 bridgehead atoms. The summed E-state index contributed by atoms with van der Waals surface area (Å²) in [5.74, 6) is 1.25. The Morgan fingerprint density at radius 3 is 2.56 bits per heavy atom. The van der Waals surface area contributed by atoms with Gasteiger partial charge in [0.15, 0.2) is 0 Å². The fourth-order valence-corrected chi connectivity index (χ4v) is 3.70. The molecule has 1 saturated carbocycles. The van der Waals surface area contributed by atoms with Crippen molar-refractivity contribution in [3.05, 3.63) is 15.6 Å². The van der Waals surface area contributed by atoms with E-state index in [0.717, 1.165) is 6.54 Å². The van der Waals surface area contributed by atoms with E-state index in [0.29, 0.717) is 17.3 Å². The van der Waals surface area contributed by atoms with E-state index in [2.05, 4.69) is 33.0 Å². The summed E-state index contributed by atoms with van der Waals surface area (Å²) < 4.78 is 0. The molecule has 90 valence electrons. The molecule has 0 saturated heterocycles. The molecule has 0 aliphatic heterocycles. The van der Waals surface area contributed by atoms with E-state index in [1.54, 1.807) is 0 Å². The number of aromatic nitrogens is 1. The zero-order valence-corrected chi connectivity index (χ0v) is 11.7. The van der Waals surface area contributed by atoms with Crippen molar-refractivity contribution in [3.63, 3.8) is 0 Å². The SMILES string of the molecule is CNCc1sc(C2CC2(C)C)nc1C(C)C. The summed E-state index contributed by atoms with van der Waals surface area (Å²) in [4.78, 5) is 6.29. The zero-order chi connectivity index (χ0) is 11.9. The molecule has 1 aromatic heterocycles. The highest BCUT2D eigenvalue weighted by Crippen LogP contribution is 2.59. The maximum atomic E-state index is 4.86.